The van der Waals surface area contributed by atoms with Gasteiger partial charge in [0.15, 0.2) is 0 Å². The zero-order valence-electron chi connectivity index (χ0n) is 25.6. The molecule has 1 unspecified atom stereocenters. The number of hydrogen-bond acceptors (Lipinski definition) is 5. The lowest BCUT2D eigenvalue weighted by Gasteiger charge is -2.37. The third-order valence-electron chi connectivity index (χ3n) is 9.94. The molecule has 1 aliphatic heterocycles. The number of benzene rings is 1. The van der Waals surface area contributed by atoms with Gasteiger partial charge in [0, 0.05) is 35.5 Å². The Bertz CT molecular complexity index is 1390. The highest BCUT2D eigenvalue weighted by Gasteiger charge is 2.68. The van der Waals surface area contributed by atoms with Crippen molar-refractivity contribution in [3.8, 4) is 11.3 Å². The minimum Gasteiger partial charge on any atom is -0.346 e. The van der Waals surface area contributed by atoms with Crippen LogP contribution in [0.3, 0.4) is 0 Å². The Morgan fingerprint density at radius 3 is 2.61 bits per heavy atom. The van der Waals surface area contributed by atoms with Gasteiger partial charge in [0.2, 0.25) is 5.91 Å². The summed E-state index contributed by atoms with van der Waals surface area (Å²) in [7, 11) is 0. The molecule has 2 aromatic heterocycles. The molecule has 1 aliphatic carbocycles. The number of hydrogen-bond donors (Lipinski definition) is 2. The van der Waals surface area contributed by atoms with Gasteiger partial charge in [-0.1, -0.05) is 38.8 Å². The van der Waals surface area contributed by atoms with Crippen LogP contribution in [-0.2, 0) is 9.59 Å². The summed E-state index contributed by atoms with van der Waals surface area (Å²) in [6, 6.07) is 10.8. The van der Waals surface area contributed by atoms with E-state index in [2.05, 4.69) is 59.2 Å². The summed E-state index contributed by atoms with van der Waals surface area (Å²) >= 11 is 0. The van der Waals surface area contributed by atoms with Crippen LogP contribution in [0.4, 0.5) is 0 Å². The van der Waals surface area contributed by atoms with Crippen LogP contribution in [0.2, 0.25) is 0 Å². The van der Waals surface area contributed by atoms with Gasteiger partial charge < -0.3 is 15.2 Å². The first-order valence-electron chi connectivity index (χ1n) is 15.6. The molecule has 7 heteroatoms. The lowest BCUT2D eigenvalue weighted by atomic mass is 9.84. The molecule has 41 heavy (non-hydrogen) atoms. The zero-order valence-corrected chi connectivity index (χ0v) is 25.6. The van der Waals surface area contributed by atoms with Gasteiger partial charge in [0.05, 0.1) is 28.9 Å². The highest BCUT2D eigenvalue weighted by molar-refractivity contribution is 5.87. The Morgan fingerprint density at radius 2 is 1.88 bits per heavy atom. The predicted octanol–water partition coefficient (Wildman–Crippen LogP) is 6.92. The van der Waals surface area contributed by atoms with Gasteiger partial charge in [0.1, 0.15) is 11.6 Å². The molecule has 1 amide bonds. The van der Waals surface area contributed by atoms with Crippen molar-refractivity contribution in [1.82, 2.24) is 25.2 Å². The summed E-state index contributed by atoms with van der Waals surface area (Å²) in [6.45, 7) is 12.8. The standard InChI is InChI=1S/C34H47N5O2/c1-6-27(40)10-8-7-9-11-29(38-32(41)33(5)22-34(33)16-18-39(19-17-34)23(2)3)31-35-21-30(37-31)26-14-15-28-25(20-26)13-12-24(4)36-28/h12-15,20-21,23,29H,6-11,16-19,22H2,1-5H3,(H,35,37)(H,38,41)/t29?,33-/m0/s1. The first-order valence-corrected chi connectivity index (χ1v) is 15.6. The third kappa shape index (κ3) is 6.25. The van der Waals surface area contributed by atoms with E-state index >= 15 is 0 Å². The first-order chi connectivity index (χ1) is 19.6. The van der Waals surface area contributed by atoms with Crippen molar-refractivity contribution in [3.05, 3.63) is 48.0 Å². The van der Waals surface area contributed by atoms with Crippen molar-refractivity contribution < 1.29 is 9.59 Å². The van der Waals surface area contributed by atoms with E-state index in [1.807, 2.05) is 32.2 Å². The van der Waals surface area contributed by atoms with E-state index in [4.69, 9.17) is 4.98 Å². The van der Waals surface area contributed by atoms with Gasteiger partial charge in [-0.15, -0.1) is 0 Å². The van der Waals surface area contributed by atoms with Crippen LogP contribution in [0.15, 0.2) is 36.5 Å². The van der Waals surface area contributed by atoms with Crippen LogP contribution in [0, 0.1) is 17.8 Å². The van der Waals surface area contributed by atoms with Crippen molar-refractivity contribution in [1.29, 1.82) is 0 Å². The summed E-state index contributed by atoms with van der Waals surface area (Å²) in [6.07, 6.45) is 9.86. The lowest BCUT2D eigenvalue weighted by Crippen LogP contribution is -2.43. The molecule has 3 heterocycles. The topological polar surface area (TPSA) is 91.0 Å². The van der Waals surface area contributed by atoms with E-state index in [1.165, 1.54) is 0 Å². The second-order valence-electron chi connectivity index (χ2n) is 13.0. The van der Waals surface area contributed by atoms with E-state index in [1.54, 1.807) is 0 Å². The van der Waals surface area contributed by atoms with E-state index in [-0.39, 0.29) is 22.8 Å². The first kappa shape index (κ1) is 29.4. The maximum absolute atomic E-state index is 13.8. The quantitative estimate of drug-likeness (QED) is 0.236. The molecule has 3 aromatic rings. The van der Waals surface area contributed by atoms with Crippen LogP contribution in [0.25, 0.3) is 22.2 Å². The summed E-state index contributed by atoms with van der Waals surface area (Å²) in [5.74, 6) is 1.28. The lowest BCUT2D eigenvalue weighted by molar-refractivity contribution is -0.128. The molecule has 0 bridgehead atoms. The maximum Gasteiger partial charge on any atom is 0.227 e. The predicted molar refractivity (Wildman–Crippen MR) is 164 cm³/mol. The molecule has 1 aromatic carbocycles. The average molecular weight is 558 g/mol. The van der Waals surface area contributed by atoms with Gasteiger partial charge >= 0.3 is 0 Å². The zero-order chi connectivity index (χ0) is 29.2. The van der Waals surface area contributed by atoms with Gasteiger partial charge in [0.25, 0.3) is 0 Å². The summed E-state index contributed by atoms with van der Waals surface area (Å²) in [5, 5.41) is 4.52. The highest BCUT2D eigenvalue weighted by atomic mass is 16.2. The van der Waals surface area contributed by atoms with Crippen LogP contribution < -0.4 is 5.32 Å². The number of carbonyl (C=O) groups is 2. The Kier molecular flexibility index (Phi) is 8.65. The number of fused-ring (bicyclic) bond motifs is 1. The van der Waals surface area contributed by atoms with Crippen molar-refractivity contribution in [2.24, 2.45) is 10.8 Å². The smallest absolute Gasteiger partial charge is 0.227 e. The summed E-state index contributed by atoms with van der Waals surface area (Å²) in [4.78, 5) is 41.1. The fourth-order valence-electron chi connectivity index (χ4n) is 6.83. The number of nitrogens with zero attached hydrogens (tertiary/aromatic N) is 3. The Morgan fingerprint density at radius 1 is 1.10 bits per heavy atom. The van der Waals surface area contributed by atoms with Crippen LogP contribution in [0.1, 0.15) is 103 Å². The number of unbranched alkanes of at least 4 members (excludes halogenated alkanes) is 2. The number of H-pyrrole nitrogens is 1. The van der Waals surface area contributed by atoms with Gasteiger partial charge in [-0.05, 0) is 89.6 Å². The van der Waals surface area contributed by atoms with Gasteiger partial charge in [-0.3, -0.25) is 14.6 Å². The number of aromatic nitrogens is 3. The SMILES string of the molecule is CCC(=O)CCCCCC(NC(=O)[C@]1(C)CC12CCN(C(C)C)CC2)c1ncc(-c2ccc3nc(C)ccc3c2)[nH]1. The van der Waals surface area contributed by atoms with Crippen molar-refractivity contribution in [2.45, 2.75) is 104 Å². The average Bonchev–Trinajstić information content (AvgIpc) is 3.29. The Hall–Kier alpha value is -3.06. The molecule has 0 radical (unpaired) electrons. The molecule has 1 saturated carbocycles. The molecule has 1 spiro atoms. The monoisotopic (exact) mass is 557 g/mol. The fourth-order valence-corrected chi connectivity index (χ4v) is 6.83. The number of carbonyl (C=O) groups excluding carboxylic acids is 2. The number of aromatic amines is 1. The minimum atomic E-state index is -0.319. The van der Waals surface area contributed by atoms with E-state index in [0.29, 0.717) is 24.7 Å². The molecule has 7 nitrogen and oxygen atoms in total. The largest absolute Gasteiger partial charge is 0.346 e. The maximum atomic E-state index is 13.8. The number of amides is 1. The second-order valence-corrected chi connectivity index (χ2v) is 13.0. The molecule has 2 atom stereocenters. The van der Waals surface area contributed by atoms with Crippen LogP contribution in [-0.4, -0.2) is 50.7 Å². The normalized spacial score (nSPS) is 20.9. The summed E-state index contributed by atoms with van der Waals surface area (Å²) < 4.78 is 0. The van der Waals surface area contributed by atoms with Crippen LogP contribution in [0.5, 0.6) is 0 Å². The van der Waals surface area contributed by atoms with Crippen LogP contribution >= 0.6 is 0 Å². The Labute approximate surface area is 244 Å². The molecule has 2 aliphatic rings. The van der Waals surface area contributed by atoms with E-state index in [0.717, 1.165) is 91.7 Å². The minimum absolute atomic E-state index is 0.124. The van der Waals surface area contributed by atoms with Crippen molar-refractivity contribution >= 4 is 22.6 Å². The molecular formula is C34H47N5O2. The van der Waals surface area contributed by atoms with Crippen molar-refractivity contribution in [3.63, 3.8) is 0 Å². The number of nitrogens with one attached hydrogen (secondary N) is 2. The Balaban J connectivity index is 1.30. The molecule has 5 rings (SSSR count). The molecular weight excluding hydrogens is 510 g/mol. The van der Waals surface area contributed by atoms with Gasteiger partial charge in [-0.2, -0.15) is 0 Å². The highest BCUT2D eigenvalue weighted by Crippen LogP contribution is 2.69. The number of pyridine rings is 1. The number of rotatable bonds is 12. The third-order valence-corrected chi connectivity index (χ3v) is 9.94. The summed E-state index contributed by atoms with van der Waals surface area (Å²) in [5.41, 5.74) is 3.77. The fraction of sp³-hybridized carbons (Fsp3) is 0.588. The van der Waals surface area contributed by atoms with E-state index in [9.17, 15) is 9.59 Å². The number of ketones is 1. The van der Waals surface area contributed by atoms with Crippen molar-refractivity contribution in [2.75, 3.05) is 13.1 Å². The number of imidazole rings is 1. The number of aryl methyl sites for hydroxylation is 1. The molecule has 220 valence electrons. The van der Waals surface area contributed by atoms with E-state index < -0.39 is 0 Å². The molecule has 1 saturated heterocycles. The number of piperidine rings is 1. The second kappa shape index (κ2) is 12.0. The van der Waals surface area contributed by atoms with Gasteiger partial charge in [-0.25, -0.2) is 4.98 Å². The number of Topliss-reactive ketones (excluding diaryl/α,β-unsaturated/α-hetero) is 1. The molecule has 2 N–H and O–H groups in total. The number of likely N-dealkylation sites (tertiary alicyclic amines) is 1. The molecule has 2 fully saturated rings.